The Hall–Kier alpha value is -1.95. The maximum Gasteiger partial charge on any atom is 0.252 e. The van der Waals surface area contributed by atoms with E-state index in [2.05, 4.69) is 29.4 Å². The topological polar surface area (TPSA) is 79.5 Å². The van der Waals surface area contributed by atoms with E-state index in [1.807, 2.05) is 6.92 Å². The van der Waals surface area contributed by atoms with Crippen LogP contribution in [0.1, 0.15) is 42.9 Å². The van der Waals surface area contributed by atoms with Crippen LogP contribution in [0.3, 0.4) is 0 Å². The molecule has 6 nitrogen and oxygen atoms in total. The van der Waals surface area contributed by atoms with Gasteiger partial charge < -0.3 is 10.4 Å². The number of pyridine rings is 1. The molecule has 0 radical (unpaired) electrons. The van der Waals surface area contributed by atoms with E-state index < -0.39 is 0 Å². The number of hydrogen-bond acceptors (Lipinski definition) is 4. The second-order valence-electron chi connectivity index (χ2n) is 6.11. The molecule has 6 heteroatoms. The molecule has 0 fully saturated rings. The second-order valence-corrected chi connectivity index (χ2v) is 6.11. The zero-order chi connectivity index (χ0) is 16.1. The molecule has 2 aromatic heterocycles. The van der Waals surface area contributed by atoms with Crippen LogP contribution in [0.5, 0.6) is 0 Å². The Kier molecular flexibility index (Phi) is 5.49. The van der Waals surface area contributed by atoms with E-state index in [-0.39, 0.29) is 12.5 Å². The van der Waals surface area contributed by atoms with Crippen molar-refractivity contribution in [2.45, 2.75) is 33.6 Å². The minimum atomic E-state index is -0.110. The summed E-state index contributed by atoms with van der Waals surface area (Å²) in [5.41, 5.74) is 1.31. The summed E-state index contributed by atoms with van der Waals surface area (Å²) in [6.45, 7) is 6.88. The van der Waals surface area contributed by atoms with E-state index in [9.17, 15) is 4.79 Å². The van der Waals surface area contributed by atoms with Gasteiger partial charge in [-0.2, -0.15) is 0 Å². The SMILES string of the molecule is Cc1nnc2ccc(C(=O)NCC(CCO)CC(C)C)cn12. The molecule has 0 saturated heterocycles. The van der Waals surface area contributed by atoms with Gasteiger partial charge in [0.15, 0.2) is 5.65 Å². The van der Waals surface area contributed by atoms with Gasteiger partial charge in [0.05, 0.1) is 5.56 Å². The normalized spacial score (nSPS) is 12.8. The third-order valence-electron chi connectivity index (χ3n) is 3.73. The smallest absolute Gasteiger partial charge is 0.252 e. The first-order chi connectivity index (χ1) is 10.5. The highest BCUT2D eigenvalue weighted by molar-refractivity contribution is 5.94. The van der Waals surface area contributed by atoms with Crippen LogP contribution in [0, 0.1) is 18.8 Å². The quantitative estimate of drug-likeness (QED) is 0.817. The Bertz CT molecular complexity index is 636. The summed E-state index contributed by atoms with van der Waals surface area (Å²) < 4.78 is 1.80. The molecule has 0 spiro atoms. The van der Waals surface area contributed by atoms with Crippen molar-refractivity contribution in [1.29, 1.82) is 0 Å². The fourth-order valence-corrected chi connectivity index (χ4v) is 2.63. The molecule has 0 aliphatic heterocycles. The van der Waals surface area contributed by atoms with Gasteiger partial charge in [0.2, 0.25) is 0 Å². The molecule has 1 amide bonds. The molecule has 1 unspecified atom stereocenters. The molecular formula is C16H24N4O2. The van der Waals surface area contributed by atoms with Gasteiger partial charge in [-0.1, -0.05) is 13.8 Å². The number of aromatic nitrogens is 3. The number of amides is 1. The highest BCUT2D eigenvalue weighted by Gasteiger charge is 2.14. The lowest BCUT2D eigenvalue weighted by molar-refractivity contribution is 0.0941. The van der Waals surface area contributed by atoms with Gasteiger partial charge in [0.1, 0.15) is 5.82 Å². The van der Waals surface area contributed by atoms with Crippen molar-refractivity contribution in [1.82, 2.24) is 19.9 Å². The number of aryl methyl sites for hydroxylation is 1. The number of rotatable bonds is 7. The van der Waals surface area contributed by atoms with Crippen LogP contribution < -0.4 is 5.32 Å². The average molecular weight is 304 g/mol. The minimum Gasteiger partial charge on any atom is -0.396 e. The van der Waals surface area contributed by atoms with Crippen molar-refractivity contribution < 1.29 is 9.90 Å². The highest BCUT2D eigenvalue weighted by atomic mass is 16.3. The van der Waals surface area contributed by atoms with Crippen LogP contribution in [-0.4, -0.2) is 38.8 Å². The third kappa shape index (κ3) is 4.04. The van der Waals surface area contributed by atoms with Crippen molar-refractivity contribution in [2.24, 2.45) is 11.8 Å². The largest absolute Gasteiger partial charge is 0.396 e. The summed E-state index contributed by atoms with van der Waals surface area (Å²) >= 11 is 0. The van der Waals surface area contributed by atoms with Crippen molar-refractivity contribution in [3.63, 3.8) is 0 Å². The van der Waals surface area contributed by atoms with Crippen molar-refractivity contribution in [2.75, 3.05) is 13.2 Å². The standard InChI is InChI=1S/C16H24N4O2/c1-11(2)8-13(6-7-21)9-17-16(22)14-4-5-15-19-18-12(3)20(15)10-14/h4-5,10-11,13,21H,6-9H2,1-3H3,(H,17,22). The lowest BCUT2D eigenvalue weighted by atomic mass is 9.94. The number of carbonyl (C=O) groups is 1. The Morgan fingerprint density at radius 1 is 1.36 bits per heavy atom. The van der Waals surface area contributed by atoms with Gasteiger partial charge in [-0.05, 0) is 43.7 Å². The van der Waals surface area contributed by atoms with E-state index in [4.69, 9.17) is 5.11 Å². The van der Waals surface area contributed by atoms with Gasteiger partial charge in [0, 0.05) is 19.3 Å². The fourth-order valence-electron chi connectivity index (χ4n) is 2.63. The van der Waals surface area contributed by atoms with E-state index in [1.54, 1.807) is 22.7 Å². The fraction of sp³-hybridized carbons (Fsp3) is 0.562. The van der Waals surface area contributed by atoms with Crippen LogP contribution in [0.4, 0.5) is 0 Å². The van der Waals surface area contributed by atoms with E-state index >= 15 is 0 Å². The van der Waals surface area contributed by atoms with Crippen LogP contribution >= 0.6 is 0 Å². The molecule has 0 aromatic carbocycles. The molecule has 2 heterocycles. The van der Waals surface area contributed by atoms with Crippen LogP contribution in [0.15, 0.2) is 18.3 Å². The van der Waals surface area contributed by atoms with Crippen molar-refractivity contribution in [3.05, 3.63) is 29.7 Å². The first-order valence-corrected chi connectivity index (χ1v) is 7.71. The lowest BCUT2D eigenvalue weighted by Crippen LogP contribution is -2.30. The van der Waals surface area contributed by atoms with Gasteiger partial charge in [-0.25, -0.2) is 0 Å². The summed E-state index contributed by atoms with van der Waals surface area (Å²) in [7, 11) is 0. The van der Waals surface area contributed by atoms with Gasteiger partial charge in [-0.3, -0.25) is 9.20 Å². The number of nitrogens with one attached hydrogen (secondary N) is 1. The summed E-state index contributed by atoms with van der Waals surface area (Å²) in [5, 5.41) is 20.1. The first-order valence-electron chi connectivity index (χ1n) is 7.71. The number of aliphatic hydroxyl groups is 1. The predicted molar refractivity (Wildman–Crippen MR) is 84.7 cm³/mol. The molecule has 1 atom stereocenters. The third-order valence-corrected chi connectivity index (χ3v) is 3.73. The molecule has 0 aliphatic rings. The maximum atomic E-state index is 12.3. The Morgan fingerprint density at radius 3 is 2.82 bits per heavy atom. The number of nitrogens with zero attached hydrogens (tertiary/aromatic N) is 3. The van der Waals surface area contributed by atoms with Crippen LogP contribution in [-0.2, 0) is 0 Å². The molecule has 2 rings (SSSR count). The minimum absolute atomic E-state index is 0.110. The molecule has 2 aromatic rings. The molecular weight excluding hydrogens is 280 g/mol. The number of aliphatic hydroxyl groups excluding tert-OH is 1. The molecule has 120 valence electrons. The zero-order valence-corrected chi connectivity index (χ0v) is 13.4. The average Bonchev–Trinajstić information content (AvgIpc) is 2.85. The van der Waals surface area contributed by atoms with Crippen molar-refractivity contribution in [3.8, 4) is 0 Å². The number of carbonyl (C=O) groups excluding carboxylic acids is 1. The van der Waals surface area contributed by atoms with Gasteiger partial charge in [-0.15, -0.1) is 10.2 Å². The number of fused-ring (bicyclic) bond motifs is 1. The van der Waals surface area contributed by atoms with E-state index in [1.165, 1.54) is 0 Å². The number of hydrogen-bond donors (Lipinski definition) is 2. The lowest BCUT2D eigenvalue weighted by Gasteiger charge is -2.18. The first kappa shape index (κ1) is 16.4. The zero-order valence-electron chi connectivity index (χ0n) is 13.4. The predicted octanol–water partition coefficient (Wildman–Crippen LogP) is 1.81. The molecule has 22 heavy (non-hydrogen) atoms. The Morgan fingerprint density at radius 2 is 2.14 bits per heavy atom. The monoisotopic (exact) mass is 304 g/mol. The maximum absolute atomic E-state index is 12.3. The summed E-state index contributed by atoms with van der Waals surface area (Å²) in [4.78, 5) is 12.3. The Balaban J connectivity index is 2.01. The molecule has 0 saturated carbocycles. The van der Waals surface area contributed by atoms with Crippen molar-refractivity contribution >= 4 is 11.6 Å². The second kappa shape index (κ2) is 7.35. The molecule has 2 N–H and O–H groups in total. The van der Waals surface area contributed by atoms with Gasteiger partial charge >= 0.3 is 0 Å². The Labute approximate surface area is 130 Å². The van der Waals surface area contributed by atoms with Crippen LogP contribution in [0.25, 0.3) is 5.65 Å². The molecule has 0 aliphatic carbocycles. The van der Waals surface area contributed by atoms with Crippen LogP contribution in [0.2, 0.25) is 0 Å². The summed E-state index contributed by atoms with van der Waals surface area (Å²) in [5.74, 6) is 1.49. The van der Waals surface area contributed by atoms with E-state index in [0.717, 1.165) is 17.9 Å². The highest BCUT2D eigenvalue weighted by Crippen LogP contribution is 2.14. The molecule has 0 bridgehead atoms. The summed E-state index contributed by atoms with van der Waals surface area (Å²) in [6, 6.07) is 3.54. The summed E-state index contributed by atoms with van der Waals surface area (Å²) in [6.07, 6.45) is 3.45. The van der Waals surface area contributed by atoms with Gasteiger partial charge in [0.25, 0.3) is 5.91 Å². The van der Waals surface area contributed by atoms with E-state index in [0.29, 0.717) is 30.4 Å².